The van der Waals surface area contributed by atoms with Crippen LogP contribution < -0.4 is 5.69 Å². The molecule has 0 radical (unpaired) electrons. The number of aliphatic hydroxyl groups excluding tert-OH is 2. The number of aromatic amines is 1. The molecule has 0 saturated carbocycles. The fourth-order valence-corrected chi connectivity index (χ4v) is 2.14. The zero-order chi connectivity index (χ0) is 12.6. The number of aliphatic hydroxyl groups is 2. The van der Waals surface area contributed by atoms with Crippen molar-refractivity contribution in [1.82, 2.24) is 9.55 Å². The molecule has 1 aliphatic rings. The Morgan fingerprint density at radius 2 is 2.35 bits per heavy atom. The second-order valence-electron chi connectivity index (χ2n) is 4.11. The number of ether oxygens (including phenoxy) is 1. The van der Waals surface area contributed by atoms with Gasteiger partial charge in [-0.3, -0.25) is 9.55 Å². The lowest BCUT2D eigenvalue weighted by molar-refractivity contribution is -0.0476. The van der Waals surface area contributed by atoms with Crippen LogP contribution in [0.1, 0.15) is 13.2 Å². The molecule has 0 amide bonds. The van der Waals surface area contributed by atoms with Gasteiger partial charge < -0.3 is 14.9 Å². The number of nitrogens with one attached hydrogen (secondary N) is 1. The van der Waals surface area contributed by atoms with E-state index >= 15 is 0 Å². The van der Waals surface area contributed by atoms with Gasteiger partial charge in [0.1, 0.15) is 17.0 Å². The van der Waals surface area contributed by atoms with Gasteiger partial charge in [0.05, 0.1) is 12.7 Å². The van der Waals surface area contributed by atoms with Crippen molar-refractivity contribution in [2.75, 3.05) is 6.61 Å². The monoisotopic (exact) mass is 258 g/mol. The summed E-state index contributed by atoms with van der Waals surface area (Å²) in [6.45, 7) is 1.48. The summed E-state index contributed by atoms with van der Waals surface area (Å²) in [7, 11) is 0. The summed E-state index contributed by atoms with van der Waals surface area (Å²) in [5.74, 6) is -0.283. The molecule has 6 nitrogen and oxygen atoms in total. The Hall–Kier alpha value is -1.02. The predicted molar refractivity (Wildman–Crippen MR) is 62.1 cm³/mol. The molecule has 1 aromatic rings. The molecule has 2 unspecified atom stereocenters. The van der Waals surface area contributed by atoms with Gasteiger partial charge in [-0.05, 0) is 6.07 Å². The number of hydrogen-bond acceptors (Lipinski definition) is 5. The number of hydrogen-bond donors (Lipinski definition) is 3. The zero-order valence-corrected chi connectivity index (χ0v) is 10.1. The molecule has 17 heavy (non-hydrogen) atoms. The zero-order valence-electron chi connectivity index (χ0n) is 9.24. The third kappa shape index (κ3) is 2.19. The molecule has 1 aromatic heterocycles. The van der Waals surface area contributed by atoms with Crippen LogP contribution >= 0.6 is 12.2 Å². The maximum absolute atomic E-state index is 11.7. The number of nitrogens with zero attached hydrogens (tertiary/aromatic N) is 1. The van der Waals surface area contributed by atoms with Crippen LogP contribution in [0.2, 0.25) is 0 Å². The summed E-state index contributed by atoms with van der Waals surface area (Å²) in [6.07, 6.45) is -0.527. The molecule has 0 bridgehead atoms. The van der Waals surface area contributed by atoms with Crippen LogP contribution in [-0.4, -0.2) is 38.6 Å². The van der Waals surface area contributed by atoms with Crippen molar-refractivity contribution in [1.29, 1.82) is 0 Å². The van der Waals surface area contributed by atoms with Crippen molar-refractivity contribution in [3.05, 3.63) is 27.4 Å². The predicted octanol–water partition coefficient (Wildman–Crippen LogP) is -0.207. The molecule has 3 N–H and O–H groups in total. The molecule has 7 heteroatoms. The number of rotatable bonds is 2. The third-order valence-corrected chi connectivity index (χ3v) is 3.23. The van der Waals surface area contributed by atoms with E-state index in [1.165, 1.54) is 10.8 Å². The van der Waals surface area contributed by atoms with Gasteiger partial charge in [-0.15, -0.1) is 0 Å². The average Bonchev–Trinajstić information content (AvgIpc) is 2.57. The van der Waals surface area contributed by atoms with Crippen LogP contribution in [0.3, 0.4) is 0 Å². The van der Waals surface area contributed by atoms with Crippen molar-refractivity contribution in [2.45, 2.75) is 25.4 Å². The lowest BCUT2D eigenvalue weighted by atomic mass is 10.0. The standard InChI is InChI=1S/C10H14N2O4S/c1-5-8(14)6(4-13)16-9(5)12-3-2-7(17)11-10(12)15/h2-3,5-6,8-9,13-14H,4H2,1H3,(H,11,15,17)/t5?,6-,8?,9-/m0/s1. The fraction of sp³-hybridized carbons (Fsp3) is 0.600. The minimum absolute atomic E-state index is 0.278. The highest BCUT2D eigenvalue weighted by Gasteiger charge is 2.41. The minimum Gasteiger partial charge on any atom is -0.394 e. The second kappa shape index (κ2) is 4.69. The van der Waals surface area contributed by atoms with Crippen LogP contribution in [0.15, 0.2) is 17.1 Å². The first-order valence-corrected chi connectivity index (χ1v) is 5.71. The Balaban J connectivity index is 2.35. The Labute approximate surface area is 102 Å². The molecular formula is C10H14N2O4S. The van der Waals surface area contributed by atoms with E-state index in [0.717, 1.165) is 0 Å². The lowest BCUT2D eigenvalue weighted by Crippen LogP contribution is -2.30. The summed E-state index contributed by atoms with van der Waals surface area (Å²) in [5, 5.41) is 18.8. The van der Waals surface area contributed by atoms with E-state index in [1.807, 2.05) is 0 Å². The van der Waals surface area contributed by atoms with Crippen molar-refractivity contribution in [3.8, 4) is 0 Å². The highest BCUT2D eigenvalue weighted by molar-refractivity contribution is 7.71. The van der Waals surface area contributed by atoms with Crippen molar-refractivity contribution in [3.63, 3.8) is 0 Å². The van der Waals surface area contributed by atoms with Crippen LogP contribution in [0.5, 0.6) is 0 Å². The topological polar surface area (TPSA) is 87.5 Å². The first-order chi connectivity index (χ1) is 8.04. The molecule has 0 aliphatic carbocycles. The van der Waals surface area contributed by atoms with E-state index in [0.29, 0.717) is 4.64 Å². The van der Waals surface area contributed by atoms with Gasteiger partial charge in [0, 0.05) is 12.1 Å². The molecule has 2 rings (SSSR count). The number of H-pyrrole nitrogens is 1. The summed E-state index contributed by atoms with van der Waals surface area (Å²) < 4.78 is 7.13. The maximum atomic E-state index is 11.7. The van der Waals surface area contributed by atoms with Gasteiger partial charge in [0.2, 0.25) is 0 Å². The van der Waals surface area contributed by atoms with Crippen LogP contribution in [0.25, 0.3) is 0 Å². The Morgan fingerprint density at radius 1 is 1.65 bits per heavy atom. The number of aromatic nitrogens is 2. The van der Waals surface area contributed by atoms with Gasteiger partial charge in [-0.1, -0.05) is 19.1 Å². The molecular weight excluding hydrogens is 244 g/mol. The molecule has 1 fully saturated rings. The normalized spacial score (nSPS) is 32.9. The van der Waals surface area contributed by atoms with Crippen LogP contribution in [0.4, 0.5) is 0 Å². The van der Waals surface area contributed by atoms with Gasteiger partial charge in [0.15, 0.2) is 0 Å². The summed E-state index contributed by atoms with van der Waals surface area (Å²) in [4.78, 5) is 14.2. The first kappa shape index (κ1) is 12.4. The van der Waals surface area contributed by atoms with E-state index in [2.05, 4.69) is 4.98 Å². The fourth-order valence-electron chi connectivity index (χ4n) is 1.99. The SMILES string of the molecule is CC1C(O)[C@H](CO)O[C@@H]1n1ccc(=S)[nH]c1=O. The van der Waals surface area contributed by atoms with E-state index in [9.17, 15) is 9.90 Å². The molecule has 0 aromatic carbocycles. The largest absolute Gasteiger partial charge is 0.394 e. The van der Waals surface area contributed by atoms with Crippen molar-refractivity contribution >= 4 is 12.2 Å². The third-order valence-electron chi connectivity index (χ3n) is 2.99. The molecule has 1 saturated heterocycles. The molecule has 1 aliphatic heterocycles. The van der Waals surface area contributed by atoms with Crippen LogP contribution in [0, 0.1) is 10.6 Å². The smallest absolute Gasteiger partial charge is 0.328 e. The molecule has 94 valence electrons. The Bertz CT molecular complexity index is 512. The summed E-state index contributed by atoms with van der Waals surface area (Å²) >= 11 is 4.83. The van der Waals surface area contributed by atoms with E-state index in [1.54, 1.807) is 13.0 Å². The van der Waals surface area contributed by atoms with Gasteiger partial charge >= 0.3 is 5.69 Å². The van der Waals surface area contributed by atoms with Gasteiger partial charge in [-0.25, -0.2) is 4.79 Å². The van der Waals surface area contributed by atoms with Crippen molar-refractivity contribution in [2.24, 2.45) is 5.92 Å². The first-order valence-electron chi connectivity index (χ1n) is 5.30. The van der Waals surface area contributed by atoms with Crippen LogP contribution in [-0.2, 0) is 4.74 Å². The van der Waals surface area contributed by atoms with Gasteiger partial charge in [0.25, 0.3) is 0 Å². The summed E-state index contributed by atoms with van der Waals surface area (Å²) in [5.41, 5.74) is -0.389. The Morgan fingerprint density at radius 3 is 2.88 bits per heavy atom. The highest BCUT2D eigenvalue weighted by atomic mass is 32.1. The Kier molecular flexibility index (Phi) is 3.43. The second-order valence-corrected chi connectivity index (χ2v) is 4.55. The molecule has 4 atom stereocenters. The minimum atomic E-state index is -0.792. The van der Waals surface area contributed by atoms with E-state index in [-0.39, 0.29) is 18.2 Å². The lowest BCUT2D eigenvalue weighted by Gasteiger charge is -2.17. The molecule has 0 spiro atoms. The maximum Gasteiger partial charge on any atom is 0.328 e. The highest BCUT2D eigenvalue weighted by Crippen LogP contribution is 2.33. The van der Waals surface area contributed by atoms with E-state index < -0.39 is 18.4 Å². The molecule has 2 heterocycles. The summed E-state index contributed by atoms with van der Waals surface area (Å²) in [6, 6.07) is 1.57. The quantitative estimate of drug-likeness (QED) is 0.639. The average molecular weight is 258 g/mol. The van der Waals surface area contributed by atoms with E-state index in [4.69, 9.17) is 22.1 Å². The van der Waals surface area contributed by atoms with Crippen molar-refractivity contribution < 1.29 is 14.9 Å². The van der Waals surface area contributed by atoms with Gasteiger partial charge in [-0.2, -0.15) is 0 Å².